The number of hydrogen-bond donors (Lipinski definition) is 0. The fourth-order valence-corrected chi connectivity index (χ4v) is 5.68. The van der Waals surface area contributed by atoms with Crippen LogP contribution in [0.5, 0.6) is 0 Å². The van der Waals surface area contributed by atoms with E-state index < -0.39 is 5.92 Å². The molecular weight excluding hydrogens is 458 g/mol. The molecule has 5 nitrogen and oxygen atoms in total. The second-order valence-corrected chi connectivity index (χ2v) is 10.6. The van der Waals surface area contributed by atoms with Crippen molar-refractivity contribution < 1.29 is 13.3 Å². The predicted octanol–water partition coefficient (Wildman–Crippen LogP) is 7.36. The smallest absolute Gasteiger partial charge is 0.248 e. The Kier molecular flexibility index (Phi) is 5.26. The molecule has 0 spiro atoms. The van der Waals surface area contributed by atoms with Crippen molar-refractivity contribution >= 4 is 11.0 Å². The molecule has 2 aliphatic rings. The number of halogens is 2. The first-order valence-corrected chi connectivity index (χ1v) is 12.6. The molecule has 0 amide bonds. The molecule has 0 atom stereocenters. The lowest BCUT2D eigenvalue weighted by Gasteiger charge is -2.28. The Morgan fingerprint density at radius 3 is 2.42 bits per heavy atom. The highest BCUT2D eigenvalue weighted by Crippen LogP contribution is 2.48. The van der Waals surface area contributed by atoms with E-state index in [4.69, 9.17) is 9.51 Å². The highest BCUT2D eigenvalue weighted by Gasteiger charge is 2.44. The molecule has 2 fully saturated rings. The summed E-state index contributed by atoms with van der Waals surface area (Å²) in [7, 11) is 0. The van der Waals surface area contributed by atoms with Gasteiger partial charge in [-0.05, 0) is 62.6 Å². The number of nitrogens with zero attached hydrogens (tertiary/aromatic N) is 4. The fraction of sp³-hybridized carbons (Fsp3) is 0.414. The van der Waals surface area contributed by atoms with Gasteiger partial charge < -0.3 is 9.09 Å². The van der Waals surface area contributed by atoms with Crippen molar-refractivity contribution in [3.63, 3.8) is 0 Å². The van der Waals surface area contributed by atoms with Crippen LogP contribution < -0.4 is 0 Å². The Bertz CT molecular complexity index is 1460. The largest absolute Gasteiger partial charge is 0.361 e. The van der Waals surface area contributed by atoms with Crippen molar-refractivity contribution in [2.24, 2.45) is 5.92 Å². The van der Waals surface area contributed by atoms with Gasteiger partial charge in [0, 0.05) is 48.5 Å². The summed E-state index contributed by atoms with van der Waals surface area (Å²) in [4.78, 5) is 4.87. The Morgan fingerprint density at radius 1 is 1.08 bits per heavy atom. The molecule has 0 N–H and O–H groups in total. The van der Waals surface area contributed by atoms with Gasteiger partial charge in [-0.2, -0.15) is 5.26 Å². The second kappa shape index (κ2) is 8.26. The molecule has 36 heavy (non-hydrogen) atoms. The molecule has 3 aromatic heterocycles. The molecule has 0 unspecified atom stereocenters. The SMILES string of the molecule is Cc1noc(C)c1-c1cnc2c(-c3ccc(C4(C#N)CC4)cc3)cn(CC3CCC(F)(F)CC3)c2c1. The normalized spacial score (nSPS) is 18.9. The van der Waals surface area contributed by atoms with Crippen molar-refractivity contribution in [2.45, 2.75) is 70.3 Å². The number of alkyl halides is 2. The average molecular weight is 487 g/mol. The summed E-state index contributed by atoms with van der Waals surface area (Å²) in [5.41, 5.74) is 7.30. The zero-order chi connectivity index (χ0) is 25.1. The van der Waals surface area contributed by atoms with Crippen LogP contribution in [0.1, 0.15) is 55.5 Å². The zero-order valence-corrected chi connectivity index (χ0v) is 20.5. The molecule has 6 rings (SSSR count). The standard InChI is InChI=1S/C29H28F2N4O/c1-18-26(19(2)36-34-18)22-13-25-27(33-14-22)24(16-35(25)15-20-7-9-29(30,31)10-8-20)21-3-5-23(6-4-21)28(17-32)11-12-28/h3-6,13-14,16,20H,7-12,15H2,1-2H3. The lowest BCUT2D eigenvalue weighted by Crippen LogP contribution is -2.26. The molecule has 0 radical (unpaired) electrons. The van der Waals surface area contributed by atoms with Crippen LogP contribution in [-0.2, 0) is 12.0 Å². The van der Waals surface area contributed by atoms with Crippen LogP contribution >= 0.6 is 0 Å². The zero-order valence-electron chi connectivity index (χ0n) is 20.5. The van der Waals surface area contributed by atoms with Crippen molar-refractivity contribution in [1.29, 1.82) is 5.26 Å². The molecule has 2 saturated carbocycles. The quantitative estimate of drug-likeness (QED) is 0.296. The van der Waals surface area contributed by atoms with Gasteiger partial charge in [0.1, 0.15) is 5.76 Å². The molecule has 1 aromatic carbocycles. The lowest BCUT2D eigenvalue weighted by atomic mass is 9.87. The number of fused-ring (bicyclic) bond motifs is 1. The number of pyridine rings is 1. The average Bonchev–Trinajstić information content (AvgIpc) is 3.50. The van der Waals surface area contributed by atoms with Crippen LogP contribution in [0.15, 0.2) is 47.2 Å². The van der Waals surface area contributed by atoms with Gasteiger partial charge in [-0.3, -0.25) is 4.98 Å². The maximum Gasteiger partial charge on any atom is 0.248 e. The van der Waals surface area contributed by atoms with E-state index in [0.717, 1.165) is 63.1 Å². The highest BCUT2D eigenvalue weighted by atomic mass is 19.3. The second-order valence-electron chi connectivity index (χ2n) is 10.6. The molecule has 184 valence electrons. The highest BCUT2D eigenvalue weighted by molar-refractivity contribution is 5.95. The van der Waals surface area contributed by atoms with E-state index in [9.17, 15) is 14.0 Å². The summed E-state index contributed by atoms with van der Waals surface area (Å²) in [6.07, 6.45) is 6.72. The molecule has 0 aliphatic heterocycles. The number of nitriles is 1. The van der Waals surface area contributed by atoms with E-state index in [-0.39, 0.29) is 24.2 Å². The number of rotatable bonds is 5. The number of hydrogen-bond acceptors (Lipinski definition) is 4. The van der Waals surface area contributed by atoms with Crippen LogP contribution in [0.25, 0.3) is 33.3 Å². The first kappa shape index (κ1) is 22.9. The van der Waals surface area contributed by atoms with Gasteiger partial charge in [0.15, 0.2) is 0 Å². The van der Waals surface area contributed by atoms with Crippen LogP contribution in [0.3, 0.4) is 0 Å². The van der Waals surface area contributed by atoms with E-state index in [1.54, 1.807) is 0 Å². The number of aromatic nitrogens is 3. The van der Waals surface area contributed by atoms with Gasteiger partial charge in [-0.1, -0.05) is 29.4 Å². The topological polar surface area (TPSA) is 67.6 Å². The maximum absolute atomic E-state index is 13.8. The summed E-state index contributed by atoms with van der Waals surface area (Å²) in [5.74, 6) is -1.60. The van der Waals surface area contributed by atoms with Crippen LogP contribution in [0.2, 0.25) is 0 Å². The minimum atomic E-state index is -2.54. The monoisotopic (exact) mass is 486 g/mol. The maximum atomic E-state index is 13.8. The first-order valence-electron chi connectivity index (χ1n) is 12.6. The molecule has 3 heterocycles. The summed E-state index contributed by atoms with van der Waals surface area (Å²) in [5, 5.41) is 13.6. The van der Waals surface area contributed by atoms with E-state index in [2.05, 4.69) is 52.3 Å². The van der Waals surface area contributed by atoms with Gasteiger partial charge in [0.25, 0.3) is 0 Å². The third-order valence-corrected chi connectivity index (χ3v) is 8.04. The first-order chi connectivity index (χ1) is 17.3. The van der Waals surface area contributed by atoms with Crippen molar-refractivity contribution in [3.05, 3.63) is 59.7 Å². The minimum absolute atomic E-state index is 0.0472. The van der Waals surface area contributed by atoms with E-state index in [1.165, 1.54) is 0 Å². The van der Waals surface area contributed by atoms with E-state index in [1.807, 2.05) is 20.0 Å². The molecule has 7 heteroatoms. The van der Waals surface area contributed by atoms with Gasteiger partial charge in [-0.25, -0.2) is 8.78 Å². The number of benzene rings is 1. The van der Waals surface area contributed by atoms with Crippen molar-refractivity contribution in [2.75, 3.05) is 0 Å². The van der Waals surface area contributed by atoms with Crippen LogP contribution in [0.4, 0.5) is 8.78 Å². The molecule has 2 aliphatic carbocycles. The third-order valence-electron chi connectivity index (χ3n) is 8.04. The van der Waals surface area contributed by atoms with Crippen molar-refractivity contribution in [1.82, 2.24) is 14.7 Å². The van der Waals surface area contributed by atoms with Gasteiger partial charge in [0.05, 0.1) is 28.2 Å². The summed E-state index contributed by atoms with van der Waals surface area (Å²) in [6, 6.07) is 12.8. The van der Waals surface area contributed by atoms with Crippen LogP contribution in [-0.4, -0.2) is 20.6 Å². The van der Waals surface area contributed by atoms with Crippen LogP contribution in [0, 0.1) is 31.1 Å². The Hall–Kier alpha value is -3.53. The van der Waals surface area contributed by atoms with Gasteiger partial charge in [0.2, 0.25) is 5.92 Å². The molecule has 0 bridgehead atoms. The predicted molar refractivity (Wildman–Crippen MR) is 134 cm³/mol. The molecule has 4 aromatic rings. The third kappa shape index (κ3) is 3.89. The minimum Gasteiger partial charge on any atom is -0.361 e. The lowest BCUT2D eigenvalue weighted by molar-refractivity contribution is -0.0472. The summed E-state index contributed by atoms with van der Waals surface area (Å²) >= 11 is 0. The summed E-state index contributed by atoms with van der Waals surface area (Å²) < 4.78 is 35.1. The van der Waals surface area contributed by atoms with Crippen molar-refractivity contribution in [3.8, 4) is 28.3 Å². The Morgan fingerprint density at radius 2 is 1.81 bits per heavy atom. The van der Waals surface area contributed by atoms with E-state index >= 15 is 0 Å². The van der Waals surface area contributed by atoms with Gasteiger partial charge >= 0.3 is 0 Å². The molecular formula is C29H28F2N4O. The fourth-order valence-electron chi connectivity index (χ4n) is 5.68. The number of aryl methyl sites for hydroxylation is 2. The van der Waals surface area contributed by atoms with E-state index in [0.29, 0.717) is 19.4 Å². The Balaban J connectivity index is 1.42. The molecule has 0 saturated heterocycles. The Labute approximate surface area is 208 Å². The van der Waals surface area contributed by atoms with Gasteiger partial charge in [-0.15, -0.1) is 0 Å². The summed E-state index contributed by atoms with van der Waals surface area (Å²) in [6.45, 7) is 4.48.